The van der Waals surface area contributed by atoms with Crippen LogP contribution in [0.3, 0.4) is 0 Å². The Morgan fingerprint density at radius 2 is 1.72 bits per heavy atom. The minimum Gasteiger partial charge on any atom is -0.350 e. The van der Waals surface area contributed by atoms with Crippen molar-refractivity contribution in [1.82, 2.24) is 0 Å². The molecule has 4 rings (SSSR count). The number of nitrogens with one attached hydrogen (secondary N) is 1. The second kappa shape index (κ2) is 7.64. The summed E-state index contributed by atoms with van der Waals surface area (Å²) in [5, 5.41) is 4.81. The van der Waals surface area contributed by atoms with Gasteiger partial charge in [0.25, 0.3) is 11.8 Å². The summed E-state index contributed by atoms with van der Waals surface area (Å²) < 4.78 is 13.6. The number of imide groups is 1. The molecule has 1 N–H and O–H groups in total. The van der Waals surface area contributed by atoms with E-state index in [1.807, 2.05) is 23.6 Å². The number of carbonyl (C=O) groups is 2. The number of nitrogens with zero attached hydrogens (tertiary/aromatic N) is 1. The van der Waals surface area contributed by atoms with Gasteiger partial charge in [-0.25, -0.2) is 9.29 Å². The molecule has 146 valence electrons. The Hall–Kier alpha value is -3.25. The Labute approximate surface area is 172 Å². The number of rotatable bonds is 5. The van der Waals surface area contributed by atoms with Crippen LogP contribution in [0.25, 0.3) is 5.57 Å². The first-order valence-corrected chi connectivity index (χ1v) is 10.1. The molecular weight excluding hydrogens is 387 g/mol. The van der Waals surface area contributed by atoms with Crippen molar-refractivity contribution in [2.75, 3.05) is 10.2 Å². The molecule has 2 heterocycles. The Balaban J connectivity index is 1.75. The van der Waals surface area contributed by atoms with Crippen LogP contribution in [0.2, 0.25) is 0 Å². The highest BCUT2D eigenvalue weighted by molar-refractivity contribution is 7.11. The van der Waals surface area contributed by atoms with Crippen molar-refractivity contribution in [2.45, 2.75) is 19.8 Å². The smallest absolute Gasteiger partial charge is 0.282 e. The van der Waals surface area contributed by atoms with Gasteiger partial charge in [-0.1, -0.05) is 38.1 Å². The molecule has 0 spiro atoms. The van der Waals surface area contributed by atoms with Gasteiger partial charge in [0.2, 0.25) is 0 Å². The number of thiophene rings is 1. The van der Waals surface area contributed by atoms with Gasteiger partial charge < -0.3 is 5.32 Å². The van der Waals surface area contributed by atoms with E-state index < -0.39 is 17.6 Å². The van der Waals surface area contributed by atoms with Crippen LogP contribution < -0.4 is 10.2 Å². The fourth-order valence-electron chi connectivity index (χ4n) is 3.25. The SMILES string of the molecule is CC(C)c1ccc(N2C(=O)C(Nc3cccc(F)c3)=C(c3cccs3)C2=O)cc1. The second-order valence-corrected chi connectivity index (χ2v) is 8.00. The largest absolute Gasteiger partial charge is 0.350 e. The van der Waals surface area contributed by atoms with Crippen molar-refractivity contribution >= 4 is 40.1 Å². The number of benzene rings is 2. The summed E-state index contributed by atoms with van der Waals surface area (Å²) in [4.78, 5) is 28.3. The van der Waals surface area contributed by atoms with E-state index in [0.29, 0.717) is 27.7 Å². The molecule has 2 aromatic carbocycles. The molecule has 6 heteroatoms. The number of anilines is 2. The molecule has 29 heavy (non-hydrogen) atoms. The van der Waals surface area contributed by atoms with Crippen LogP contribution >= 0.6 is 11.3 Å². The normalized spacial score (nSPS) is 14.3. The Morgan fingerprint density at radius 1 is 0.966 bits per heavy atom. The maximum Gasteiger partial charge on any atom is 0.282 e. The van der Waals surface area contributed by atoms with Crippen molar-refractivity contribution in [3.05, 3.63) is 88.0 Å². The highest BCUT2D eigenvalue weighted by Crippen LogP contribution is 2.35. The van der Waals surface area contributed by atoms with Crippen LogP contribution in [-0.4, -0.2) is 11.8 Å². The fourth-order valence-corrected chi connectivity index (χ4v) is 4.02. The molecule has 0 fully saturated rings. The lowest BCUT2D eigenvalue weighted by Crippen LogP contribution is -2.32. The quantitative estimate of drug-likeness (QED) is 0.577. The average Bonchev–Trinajstić information content (AvgIpc) is 3.29. The maximum atomic E-state index is 13.6. The first-order chi connectivity index (χ1) is 14.0. The molecule has 0 aliphatic carbocycles. The van der Waals surface area contributed by atoms with Crippen LogP contribution in [0, 0.1) is 5.82 Å². The predicted molar refractivity (Wildman–Crippen MR) is 114 cm³/mol. The van der Waals surface area contributed by atoms with E-state index in [4.69, 9.17) is 0 Å². The Kier molecular flexibility index (Phi) is 5.03. The first kappa shape index (κ1) is 19.1. The number of carbonyl (C=O) groups excluding carboxylic acids is 2. The van der Waals surface area contributed by atoms with Crippen molar-refractivity contribution < 1.29 is 14.0 Å². The summed E-state index contributed by atoms with van der Waals surface area (Å²) >= 11 is 1.38. The molecule has 1 aliphatic heterocycles. The third kappa shape index (κ3) is 3.59. The zero-order valence-corrected chi connectivity index (χ0v) is 16.8. The van der Waals surface area contributed by atoms with Gasteiger partial charge in [0.1, 0.15) is 11.5 Å². The highest BCUT2D eigenvalue weighted by atomic mass is 32.1. The minimum absolute atomic E-state index is 0.149. The second-order valence-electron chi connectivity index (χ2n) is 7.05. The average molecular weight is 406 g/mol. The molecule has 0 atom stereocenters. The van der Waals surface area contributed by atoms with Gasteiger partial charge in [-0.3, -0.25) is 9.59 Å². The Bertz CT molecular complexity index is 1100. The van der Waals surface area contributed by atoms with Crippen LogP contribution in [0.15, 0.2) is 71.7 Å². The van der Waals surface area contributed by atoms with Crippen LogP contribution in [0.1, 0.15) is 30.2 Å². The summed E-state index contributed by atoms with van der Waals surface area (Å²) in [6.07, 6.45) is 0. The van der Waals surface area contributed by atoms with Crippen LogP contribution in [0.5, 0.6) is 0 Å². The van der Waals surface area contributed by atoms with E-state index in [-0.39, 0.29) is 5.70 Å². The zero-order chi connectivity index (χ0) is 20.5. The van der Waals surface area contributed by atoms with Gasteiger partial charge >= 0.3 is 0 Å². The zero-order valence-electron chi connectivity index (χ0n) is 16.0. The van der Waals surface area contributed by atoms with Crippen LogP contribution in [-0.2, 0) is 9.59 Å². The van der Waals surface area contributed by atoms with Gasteiger partial charge in [0.15, 0.2) is 0 Å². The first-order valence-electron chi connectivity index (χ1n) is 9.25. The lowest BCUT2D eigenvalue weighted by Gasteiger charge is -2.16. The monoisotopic (exact) mass is 406 g/mol. The molecule has 1 aliphatic rings. The standard InChI is InChI=1S/C23H19FN2O2S/c1-14(2)15-8-10-18(11-9-15)26-22(27)20(19-7-4-12-29-19)21(23(26)28)25-17-6-3-5-16(24)13-17/h3-14,25H,1-2H3. The van der Waals surface area contributed by atoms with E-state index in [9.17, 15) is 14.0 Å². The van der Waals surface area contributed by atoms with Crippen molar-refractivity contribution in [3.63, 3.8) is 0 Å². The predicted octanol–water partition coefficient (Wildman–Crippen LogP) is 5.41. The third-order valence-corrected chi connectivity index (χ3v) is 5.65. The molecule has 0 unspecified atom stereocenters. The number of hydrogen-bond donors (Lipinski definition) is 1. The Morgan fingerprint density at radius 3 is 2.34 bits per heavy atom. The maximum absolute atomic E-state index is 13.6. The van der Waals surface area contributed by atoms with E-state index in [1.165, 1.54) is 28.4 Å². The van der Waals surface area contributed by atoms with E-state index in [0.717, 1.165) is 5.56 Å². The van der Waals surface area contributed by atoms with Crippen molar-refractivity contribution in [1.29, 1.82) is 0 Å². The topological polar surface area (TPSA) is 49.4 Å². The van der Waals surface area contributed by atoms with Gasteiger partial charge in [0, 0.05) is 10.6 Å². The lowest BCUT2D eigenvalue weighted by molar-refractivity contribution is -0.120. The molecule has 2 amide bonds. The number of hydrogen-bond acceptors (Lipinski definition) is 4. The lowest BCUT2D eigenvalue weighted by atomic mass is 10.0. The van der Waals surface area contributed by atoms with E-state index in [1.54, 1.807) is 30.3 Å². The number of halogens is 1. The van der Waals surface area contributed by atoms with Gasteiger partial charge in [0.05, 0.1) is 11.3 Å². The minimum atomic E-state index is -0.458. The van der Waals surface area contributed by atoms with E-state index in [2.05, 4.69) is 19.2 Å². The van der Waals surface area contributed by atoms with Gasteiger partial charge in [-0.05, 0) is 53.3 Å². The third-order valence-electron chi connectivity index (χ3n) is 4.76. The van der Waals surface area contributed by atoms with Gasteiger partial charge in [-0.2, -0.15) is 0 Å². The molecule has 3 aromatic rings. The summed E-state index contributed by atoms with van der Waals surface area (Å²) in [6.45, 7) is 4.16. The summed E-state index contributed by atoms with van der Waals surface area (Å²) in [6, 6.07) is 16.8. The van der Waals surface area contributed by atoms with E-state index >= 15 is 0 Å². The van der Waals surface area contributed by atoms with Crippen molar-refractivity contribution in [3.8, 4) is 0 Å². The number of amides is 2. The molecule has 0 saturated heterocycles. The molecule has 0 bridgehead atoms. The summed E-state index contributed by atoms with van der Waals surface area (Å²) in [5.74, 6) is -0.932. The summed E-state index contributed by atoms with van der Waals surface area (Å²) in [5.41, 5.74) is 2.48. The fraction of sp³-hybridized carbons (Fsp3) is 0.130. The molecule has 0 saturated carbocycles. The molecule has 4 nitrogen and oxygen atoms in total. The molecular formula is C23H19FN2O2S. The molecule has 1 aromatic heterocycles. The van der Waals surface area contributed by atoms with Crippen LogP contribution in [0.4, 0.5) is 15.8 Å². The highest BCUT2D eigenvalue weighted by Gasteiger charge is 2.40. The van der Waals surface area contributed by atoms with Crippen molar-refractivity contribution in [2.24, 2.45) is 0 Å². The molecule has 0 radical (unpaired) electrons. The van der Waals surface area contributed by atoms with Gasteiger partial charge in [-0.15, -0.1) is 11.3 Å². The summed E-state index contributed by atoms with van der Waals surface area (Å²) in [7, 11) is 0.